The van der Waals surface area contributed by atoms with Crippen molar-refractivity contribution in [2.24, 2.45) is 5.92 Å². The molecule has 0 heterocycles. The highest BCUT2D eigenvalue weighted by atomic mass is 35.5. The third-order valence-electron chi connectivity index (χ3n) is 3.52. The largest absolute Gasteiger partial charge is 0.393 e. The molecular weight excluding hydrogens is 286 g/mol. The van der Waals surface area contributed by atoms with Crippen LogP contribution in [-0.2, 0) is 10.0 Å². The van der Waals surface area contributed by atoms with E-state index >= 15 is 0 Å². The van der Waals surface area contributed by atoms with Crippen LogP contribution >= 0.6 is 11.6 Å². The second kappa shape index (κ2) is 5.79. The minimum Gasteiger partial charge on any atom is -0.393 e. The maximum atomic E-state index is 12.2. The summed E-state index contributed by atoms with van der Waals surface area (Å²) in [7, 11) is -3.53. The second-order valence-corrected chi connectivity index (χ2v) is 7.27. The molecule has 1 aromatic rings. The second-order valence-electron chi connectivity index (χ2n) is 5.09. The smallest absolute Gasteiger partial charge is 0.240 e. The Kier molecular flexibility index (Phi) is 4.50. The molecule has 2 rings (SSSR count). The van der Waals surface area contributed by atoms with Crippen LogP contribution in [0.3, 0.4) is 0 Å². The molecule has 0 bridgehead atoms. The number of rotatable bonds is 4. The van der Waals surface area contributed by atoms with Gasteiger partial charge in [-0.05, 0) is 49.8 Å². The molecular formula is C13H18ClNO3S. The molecule has 1 saturated carbocycles. The third-order valence-corrected chi connectivity index (χ3v) is 5.32. The summed E-state index contributed by atoms with van der Waals surface area (Å²) in [5.74, 6) is 0.212. The van der Waals surface area contributed by atoms with E-state index < -0.39 is 10.0 Å². The van der Waals surface area contributed by atoms with E-state index in [-0.39, 0.29) is 16.9 Å². The first-order chi connectivity index (χ1) is 8.88. The summed E-state index contributed by atoms with van der Waals surface area (Å²) < 4.78 is 27.0. The van der Waals surface area contributed by atoms with Gasteiger partial charge < -0.3 is 5.11 Å². The van der Waals surface area contributed by atoms with Gasteiger partial charge in [0.1, 0.15) is 0 Å². The van der Waals surface area contributed by atoms with Gasteiger partial charge in [-0.3, -0.25) is 0 Å². The molecule has 1 aromatic carbocycles. The molecule has 19 heavy (non-hydrogen) atoms. The molecule has 0 radical (unpaired) electrons. The van der Waals surface area contributed by atoms with Gasteiger partial charge in [0.15, 0.2) is 0 Å². The van der Waals surface area contributed by atoms with Crippen molar-refractivity contribution in [3.8, 4) is 0 Å². The highest BCUT2D eigenvalue weighted by Gasteiger charge is 2.25. The van der Waals surface area contributed by atoms with Gasteiger partial charge in [-0.25, -0.2) is 13.1 Å². The van der Waals surface area contributed by atoms with Crippen LogP contribution in [0.1, 0.15) is 24.8 Å². The fraction of sp³-hybridized carbons (Fsp3) is 0.538. The summed E-state index contributed by atoms with van der Waals surface area (Å²) in [6.45, 7) is 2.11. The van der Waals surface area contributed by atoms with Gasteiger partial charge >= 0.3 is 0 Å². The third kappa shape index (κ3) is 3.69. The fourth-order valence-corrected chi connectivity index (χ4v) is 4.02. The van der Waals surface area contributed by atoms with E-state index in [1.165, 1.54) is 6.07 Å². The Balaban J connectivity index is 2.08. The first-order valence-electron chi connectivity index (χ1n) is 6.32. The van der Waals surface area contributed by atoms with Crippen molar-refractivity contribution in [3.05, 3.63) is 28.8 Å². The zero-order valence-corrected chi connectivity index (χ0v) is 12.3. The Bertz CT molecular complexity index is 559. The Morgan fingerprint density at radius 2 is 2.16 bits per heavy atom. The minimum absolute atomic E-state index is 0.212. The van der Waals surface area contributed by atoms with Gasteiger partial charge in [0.2, 0.25) is 10.0 Å². The molecule has 106 valence electrons. The first kappa shape index (κ1) is 14.8. The van der Waals surface area contributed by atoms with Crippen LogP contribution in [0.15, 0.2) is 23.1 Å². The van der Waals surface area contributed by atoms with Gasteiger partial charge in [-0.2, -0.15) is 0 Å². The summed E-state index contributed by atoms with van der Waals surface area (Å²) >= 11 is 5.84. The quantitative estimate of drug-likeness (QED) is 0.895. The number of aliphatic hydroxyl groups is 1. The van der Waals surface area contributed by atoms with Crippen LogP contribution in [0, 0.1) is 12.8 Å². The van der Waals surface area contributed by atoms with Gasteiger partial charge in [0.05, 0.1) is 11.0 Å². The number of halogens is 1. The summed E-state index contributed by atoms with van der Waals surface area (Å²) in [5.41, 5.74) is 0.670. The van der Waals surface area contributed by atoms with Crippen molar-refractivity contribution in [1.82, 2.24) is 4.72 Å². The highest BCUT2D eigenvalue weighted by Crippen LogP contribution is 2.25. The standard InChI is InChI=1S/C13H18ClNO3S/c1-9-2-4-11(14)7-13(9)19(17,18)15-8-10-3-5-12(16)6-10/h2,4,7,10,12,15-16H,3,5-6,8H2,1H3. The van der Waals surface area contributed by atoms with Crippen LogP contribution in [0.5, 0.6) is 0 Å². The maximum absolute atomic E-state index is 12.2. The van der Waals surface area contributed by atoms with Gasteiger partial charge in [-0.15, -0.1) is 0 Å². The minimum atomic E-state index is -3.53. The lowest BCUT2D eigenvalue weighted by molar-refractivity contribution is 0.178. The summed E-state index contributed by atoms with van der Waals surface area (Å²) in [6, 6.07) is 4.82. The van der Waals surface area contributed by atoms with Crippen molar-refractivity contribution in [2.45, 2.75) is 37.2 Å². The van der Waals surface area contributed by atoms with E-state index in [9.17, 15) is 13.5 Å². The average Bonchev–Trinajstić information content (AvgIpc) is 2.76. The number of hydrogen-bond donors (Lipinski definition) is 2. The van der Waals surface area contributed by atoms with E-state index in [1.807, 2.05) is 0 Å². The molecule has 4 nitrogen and oxygen atoms in total. The Morgan fingerprint density at radius 1 is 1.42 bits per heavy atom. The monoisotopic (exact) mass is 303 g/mol. The average molecular weight is 304 g/mol. The fourth-order valence-electron chi connectivity index (χ4n) is 2.40. The lowest BCUT2D eigenvalue weighted by atomic mass is 10.1. The molecule has 0 aromatic heterocycles. The van der Waals surface area contributed by atoms with Crippen molar-refractivity contribution < 1.29 is 13.5 Å². The zero-order chi connectivity index (χ0) is 14.0. The first-order valence-corrected chi connectivity index (χ1v) is 8.18. The number of hydrogen-bond acceptors (Lipinski definition) is 3. The van der Waals surface area contributed by atoms with Crippen LogP contribution in [0.2, 0.25) is 5.02 Å². The SMILES string of the molecule is Cc1ccc(Cl)cc1S(=O)(=O)NCC1CCC(O)C1. The number of aryl methyl sites for hydroxylation is 1. The molecule has 0 amide bonds. The van der Waals surface area contributed by atoms with Gasteiger partial charge in [0, 0.05) is 11.6 Å². The predicted molar refractivity (Wildman–Crippen MR) is 74.7 cm³/mol. The maximum Gasteiger partial charge on any atom is 0.240 e. The summed E-state index contributed by atoms with van der Waals surface area (Å²) in [6.07, 6.45) is 1.99. The lowest BCUT2D eigenvalue weighted by Gasteiger charge is -2.13. The Hall–Kier alpha value is -0.620. The molecule has 0 saturated heterocycles. The molecule has 1 fully saturated rings. The topological polar surface area (TPSA) is 66.4 Å². The van der Waals surface area contributed by atoms with Crippen LogP contribution in [-0.4, -0.2) is 26.2 Å². The number of aliphatic hydroxyl groups excluding tert-OH is 1. The number of nitrogens with one attached hydrogen (secondary N) is 1. The van der Waals surface area contributed by atoms with Gasteiger partial charge in [-0.1, -0.05) is 17.7 Å². The summed E-state index contributed by atoms with van der Waals surface area (Å²) in [4.78, 5) is 0.221. The van der Waals surface area contributed by atoms with Crippen molar-refractivity contribution in [3.63, 3.8) is 0 Å². The van der Waals surface area contributed by atoms with E-state index in [2.05, 4.69) is 4.72 Å². The molecule has 2 atom stereocenters. The number of benzene rings is 1. The molecule has 2 N–H and O–H groups in total. The van der Waals surface area contributed by atoms with E-state index in [0.29, 0.717) is 23.6 Å². The Labute approximate surface area is 118 Å². The van der Waals surface area contributed by atoms with Crippen molar-refractivity contribution in [1.29, 1.82) is 0 Å². The molecule has 6 heteroatoms. The van der Waals surface area contributed by atoms with Gasteiger partial charge in [0.25, 0.3) is 0 Å². The van der Waals surface area contributed by atoms with E-state index in [4.69, 9.17) is 11.6 Å². The predicted octanol–water partition coefficient (Wildman–Crippen LogP) is 2.09. The highest BCUT2D eigenvalue weighted by molar-refractivity contribution is 7.89. The summed E-state index contributed by atoms with van der Waals surface area (Å²) in [5, 5.41) is 9.84. The van der Waals surface area contributed by atoms with E-state index in [0.717, 1.165) is 12.8 Å². The van der Waals surface area contributed by atoms with Crippen LogP contribution in [0.4, 0.5) is 0 Å². The Morgan fingerprint density at radius 3 is 2.79 bits per heavy atom. The lowest BCUT2D eigenvalue weighted by Crippen LogP contribution is -2.29. The van der Waals surface area contributed by atoms with Crippen LogP contribution in [0.25, 0.3) is 0 Å². The van der Waals surface area contributed by atoms with Crippen LogP contribution < -0.4 is 4.72 Å². The molecule has 2 unspecified atom stereocenters. The zero-order valence-electron chi connectivity index (χ0n) is 10.8. The van der Waals surface area contributed by atoms with Crippen molar-refractivity contribution in [2.75, 3.05) is 6.54 Å². The normalized spacial score (nSPS) is 23.7. The molecule has 1 aliphatic rings. The van der Waals surface area contributed by atoms with Crippen molar-refractivity contribution >= 4 is 21.6 Å². The number of sulfonamides is 1. The molecule has 1 aliphatic carbocycles. The molecule has 0 spiro atoms. The molecule has 0 aliphatic heterocycles. The van der Waals surface area contributed by atoms with E-state index in [1.54, 1.807) is 19.1 Å².